The lowest BCUT2D eigenvalue weighted by Crippen LogP contribution is -2.58. The Morgan fingerprint density at radius 2 is 2.38 bits per heavy atom. The fraction of sp³-hybridized carbons (Fsp3) is 0.778. The zero-order valence-electron chi connectivity index (χ0n) is 9.55. The Bertz CT molecular complexity index is 360. The number of tetrazole rings is 1. The van der Waals surface area contributed by atoms with E-state index in [9.17, 15) is 4.79 Å². The van der Waals surface area contributed by atoms with Crippen LogP contribution in [0.2, 0.25) is 0 Å². The molecule has 2 heterocycles. The first kappa shape index (κ1) is 11.0. The second-order valence-corrected chi connectivity index (χ2v) is 4.63. The van der Waals surface area contributed by atoms with E-state index in [-0.39, 0.29) is 18.0 Å². The van der Waals surface area contributed by atoms with Gasteiger partial charge >= 0.3 is 0 Å². The van der Waals surface area contributed by atoms with E-state index >= 15 is 0 Å². The Morgan fingerprint density at radius 1 is 1.56 bits per heavy atom. The third kappa shape index (κ3) is 2.54. The number of rotatable bonds is 2. The molecule has 0 unspecified atom stereocenters. The van der Waals surface area contributed by atoms with Gasteiger partial charge in [0.05, 0.1) is 0 Å². The maximum Gasteiger partial charge on any atom is 0.244 e. The lowest BCUT2D eigenvalue weighted by atomic mass is 10.0. The molecule has 1 aromatic heterocycles. The average molecular weight is 224 g/mol. The molecule has 1 aliphatic rings. The highest BCUT2D eigenvalue weighted by Gasteiger charge is 2.28. The maximum atomic E-state index is 11.9. The minimum absolute atomic E-state index is 0.0193. The van der Waals surface area contributed by atoms with Crippen LogP contribution < -0.4 is 5.32 Å². The molecule has 2 rings (SSSR count). The fourth-order valence-corrected chi connectivity index (χ4v) is 1.85. The molecule has 0 bridgehead atoms. The van der Waals surface area contributed by atoms with Gasteiger partial charge in [0.15, 0.2) is 0 Å². The smallest absolute Gasteiger partial charge is 0.244 e. The first-order chi connectivity index (χ1) is 7.57. The largest absolute Gasteiger partial charge is 0.338 e. The van der Waals surface area contributed by atoms with E-state index in [1.165, 1.54) is 11.0 Å². The lowest BCUT2D eigenvalue weighted by molar-refractivity contribution is -0.134. The quantitative estimate of drug-likeness (QED) is 0.689. The summed E-state index contributed by atoms with van der Waals surface area (Å²) in [5, 5.41) is 14.0. The number of nitrogens with zero attached hydrogens (tertiary/aromatic N) is 5. The minimum Gasteiger partial charge on any atom is -0.338 e. The van der Waals surface area contributed by atoms with Crippen molar-refractivity contribution in [1.82, 2.24) is 30.4 Å². The number of amides is 1. The normalized spacial score (nSPS) is 19.8. The van der Waals surface area contributed by atoms with Crippen molar-refractivity contribution in [2.75, 3.05) is 19.6 Å². The van der Waals surface area contributed by atoms with Crippen molar-refractivity contribution in [1.29, 1.82) is 0 Å². The highest BCUT2D eigenvalue weighted by atomic mass is 16.2. The van der Waals surface area contributed by atoms with E-state index in [1.54, 1.807) is 0 Å². The summed E-state index contributed by atoms with van der Waals surface area (Å²) in [5.41, 5.74) is -0.0193. The van der Waals surface area contributed by atoms with Gasteiger partial charge in [0, 0.05) is 25.2 Å². The number of carbonyl (C=O) groups excluding carboxylic acids is 1. The van der Waals surface area contributed by atoms with Crippen LogP contribution in [0.1, 0.15) is 13.8 Å². The van der Waals surface area contributed by atoms with Gasteiger partial charge in [-0.05, 0) is 24.3 Å². The van der Waals surface area contributed by atoms with E-state index in [1.807, 2.05) is 4.90 Å². The summed E-state index contributed by atoms with van der Waals surface area (Å²) in [5.74, 6) is 0.0573. The van der Waals surface area contributed by atoms with Crippen molar-refractivity contribution < 1.29 is 4.79 Å². The van der Waals surface area contributed by atoms with E-state index < -0.39 is 0 Å². The van der Waals surface area contributed by atoms with Crippen LogP contribution in [0.3, 0.4) is 0 Å². The standard InChI is InChI=1S/C9H16N6O/c1-9(2)6-14(4-3-10-9)8(16)5-15-7-11-12-13-15/h7,10H,3-6H2,1-2H3. The summed E-state index contributed by atoms with van der Waals surface area (Å²) in [4.78, 5) is 13.8. The van der Waals surface area contributed by atoms with Crippen molar-refractivity contribution in [3.05, 3.63) is 6.33 Å². The molecular formula is C9H16N6O. The number of nitrogens with one attached hydrogen (secondary N) is 1. The molecule has 1 amide bonds. The molecule has 88 valence electrons. The Morgan fingerprint density at radius 3 is 3.00 bits per heavy atom. The highest BCUT2D eigenvalue weighted by molar-refractivity contribution is 5.76. The second kappa shape index (κ2) is 4.17. The predicted octanol–water partition coefficient (Wildman–Crippen LogP) is -1.12. The van der Waals surface area contributed by atoms with Gasteiger partial charge in [0.25, 0.3) is 0 Å². The number of piperazine rings is 1. The van der Waals surface area contributed by atoms with Crippen molar-refractivity contribution in [2.45, 2.75) is 25.9 Å². The van der Waals surface area contributed by atoms with Gasteiger partial charge in [-0.15, -0.1) is 5.10 Å². The van der Waals surface area contributed by atoms with Crippen LogP contribution in [0.15, 0.2) is 6.33 Å². The SMILES string of the molecule is CC1(C)CN(C(=O)Cn2cnnn2)CCN1. The molecule has 0 atom stereocenters. The third-order valence-corrected chi connectivity index (χ3v) is 2.61. The molecule has 1 N–H and O–H groups in total. The van der Waals surface area contributed by atoms with Crippen molar-refractivity contribution in [3.63, 3.8) is 0 Å². The molecule has 1 fully saturated rings. The molecule has 1 aromatic rings. The Kier molecular flexibility index (Phi) is 2.86. The van der Waals surface area contributed by atoms with Crippen LogP contribution in [0, 0.1) is 0 Å². The molecule has 16 heavy (non-hydrogen) atoms. The molecule has 0 spiro atoms. The predicted molar refractivity (Wildman–Crippen MR) is 56.5 cm³/mol. The van der Waals surface area contributed by atoms with Gasteiger partial charge in [-0.3, -0.25) is 4.79 Å². The highest BCUT2D eigenvalue weighted by Crippen LogP contribution is 2.10. The molecule has 0 aromatic carbocycles. The first-order valence-corrected chi connectivity index (χ1v) is 5.30. The molecule has 0 aliphatic carbocycles. The summed E-state index contributed by atoms with van der Waals surface area (Å²) in [6, 6.07) is 0. The van der Waals surface area contributed by atoms with Gasteiger partial charge in [-0.2, -0.15) is 0 Å². The Labute approximate surface area is 93.8 Å². The number of hydrogen-bond acceptors (Lipinski definition) is 5. The van der Waals surface area contributed by atoms with E-state index in [4.69, 9.17) is 0 Å². The molecule has 7 heteroatoms. The molecule has 1 aliphatic heterocycles. The molecule has 7 nitrogen and oxygen atoms in total. The Balaban J connectivity index is 1.94. The number of hydrogen-bond donors (Lipinski definition) is 1. The number of aromatic nitrogens is 4. The van der Waals surface area contributed by atoms with Gasteiger partial charge in [0.1, 0.15) is 12.9 Å². The average Bonchev–Trinajstić information content (AvgIpc) is 2.69. The maximum absolute atomic E-state index is 11.9. The van der Waals surface area contributed by atoms with Gasteiger partial charge in [-0.25, -0.2) is 4.68 Å². The monoisotopic (exact) mass is 224 g/mol. The molecule has 0 saturated carbocycles. The van der Waals surface area contributed by atoms with Crippen LogP contribution in [-0.2, 0) is 11.3 Å². The third-order valence-electron chi connectivity index (χ3n) is 2.61. The summed E-state index contributed by atoms with van der Waals surface area (Å²) in [6.45, 7) is 6.67. The van der Waals surface area contributed by atoms with Crippen LogP contribution >= 0.6 is 0 Å². The summed E-state index contributed by atoms with van der Waals surface area (Å²) < 4.78 is 1.44. The van der Waals surface area contributed by atoms with Crippen LogP contribution in [0.5, 0.6) is 0 Å². The topological polar surface area (TPSA) is 75.9 Å². The van der Waals surface area contributed by atoms with Crippen molar-refractivity contribution in [2.24, 2.45) is 0 Å². The van der Waals surface area contributed by atoms with E-state index in [0.29, 0.717) is 6.54 Å². The van der Waals surface area contributed by atoms with E-state index in [2.05, 4.69) is 34.7 Å². The van der Waals surface area contributed by atoms with Gasteiger partial charge in [-0.1, -0.05) is 0 Å². The summed E-state index contributed by atoms with van der Waals surface area (Å²) in [6.07, 6.45) is 1.45. The first-order valence-electron chi connectivity index (χ1n) is 5.30. The van der Waals surface area contributed by atoms with Crippen molar-refractivity contribution >= 4 is 5.91 Å². The Hall–Kier alpha value is -1.50. The second-order valence-electron chi connectivity index (χ2n) is 4.63. The summed E-state index contributed by atoms with van der Waals surface area (Å²) >= 11 is 0. The molecule has 1 saturated heterocycles. The fourth-order valence-electron chi connectivity index (χ4n) is 1.85. The lowest BCUT2D eigenvalue weighted by Gasteiger charge is -2.39. The minimum atomic E-state index is -0.0193. The van der Waals surface area contributed by atoms with Crippen LogP contribution in [0.25, 0.3) is 0 Å². The van der Waals surface area contributed by atoms with Crippen LogP contribution in [-0.4, -0.2) is 56.2 Å². The van der Waals surface area contributed by atoms with Crippen molar-refractivity contribution in [3.8, 4) is 0 Å². The van der Waals surface area contributed by atoms with Gasteiger partial charge in [0.2, 0.25) is 5.91 Å². The number of carbonyl (C=O) groups is 1. The molecule has 0 radical (unpaired) electrons. The summed E-state index contributed by atoms with van der Waals surface area (Å²) in [7, 11) is 0. The molecular weight excluding hydrogens is 208 g/mol. The van der Waals surface area contributed by atoms with Crippen LogP contribution in [0.4, 0.5) is 0 Å². The van der Waals surface area contributed by atoms with E-state index in [0.717, 1.165) is 13.1 Å². The zero-order chi connectivity index (χ0) is 11.6. The zero-order valence-corrected chi connectivity index (χ0v) is 9.55. The van der Waals surface area contributed by atoms with Gasteiger partial charge < -0.3 is 10.2 Å².